The molecule has 2 nitrogen and oxygen atoms in total. The number of carbonyl (C=O) groups excluding carboxylic acids is 1. The molecule has 2 aromatic rings. The molecule has 0 bridgehead atoms. The van der Waals surface area contributed by atoms with Gasteiger partial charge in [-0.1, -0.05) is 28.1 Å². The number of carbonyl (C=O) groups is 1. The predicted octanol–water partition coefficient (Wildman–Crippen LogP) is 4.51. The molecular formula is C15H11BrF2O2. The molecule has 0 saturated carbocycles. The Morgan fingerprint density at radius 3 is 2.70 bits per heavy atom. The highest BCUT2D eigenvalue weighted by molar-refractivity contribution is 9.10. The lowest BCUT2D eigenvalue weighted by atomic mass is 10.1. The Hall–Kier alpha value is -1.75. The third-order valence-electron chi connectivity index (χ3n) is 2.74. The van der Waals surface area contributed by atoms with E-state index in [2.05, 4.69) is 15.9 Å². The van der Waals surface area contributed by atoms with Crippen molar-refractivity contribution in [2.24, 2.45) is 0 Å². The number of ether oxygens (including phenoxy) is 1. The number of hydrogen-bond acceptors (Lipinski definition) is 2. The van der Waals surface area contributed by atoms with E-state index in [-0.39, 0.29) is 18.0 Å². The van der Waals surface area contributed by atoms with E-state index < -0.39 is 11.6 Å². The van der Waals surface area contributed by atoms with Gasteiger partial charge < -0.3 is 4.74 Å². The molecule has 104 valence electrons. The van der Waals surface area contributed by atoms with Crippen LogP contribution in [0.5, 0.6) is 5.75 Å². The van der Waals surface area contributed by atoms with Crippen LogP contribution in [0, 0.1) is 11.6 Å². The molecule has 0 unspecified atom stereocenters. The Morgan fingerprint density at radius 1 is 1.25 bits per heavy atom. The third kappa shape index (κ3) is 3.22. The van der Waals surface area contributed by atoms with Gasteiger partial charge in [-0.05, 0) is 31.2 Å². The number of ketones is 1. The minimum Gasteiger partial charge on any atom is -0.488 e. The fourth-order valence-corrected chi connectivity index (χ4v) is 2.06. The van der Waals surface area contributed by atoms with Crippen LogP contribution >= 0.6 is 15.9 Å². The molecule has 0 aliphatic rings. The van der Waals surface area contributed by atoms with Crippen LogP contribution in [-0.2, 0) is 6.61 Å². The lowest BCUT2D eigenvalue weighted by molar-refractivity contribution is 0.101. The number of benzene rings is 2. The van der Waals surface area contributed by atoms with Gasteiger partial charge in [0.25, 0.3) is 0 Å². The third-order valence-corrected chi connectivity index (χ3v) is 3.23. The van der Waals surface area contributed by atoms with Crippen LogP contribution in [0.2, 0.25) is 0 Å². The molecule has 0 amide bonds. The van der Waals surface area contributed by atoms with E-state index in [1.54, 1.807) is 18.2 Å². The summed E-state index contributed by atoms with van der Waals surface area (Å²) in [5, 5.41) is 0. The van der Waals surface area contributed by atoms with Gasteiger partial charge in [0.05, 0.1) is 5.56 Å². The van der Waals surface area contributed by atoms with Gasteiger partial charge in [0.15, 0.2) is 17.4 Å². The van der Waals surface area contributed by atoms with Crippen molar-refractivity contribution in [1.29, 1.82) is 0 Å². The second kappa shape index (κ2) is 6.13. The highest BCUT2D eigenvalue weighted by atomic mass is 79.9. The van der Waals surface area contributed by atoms with Crippen LogP contribution in [0.15, 0.2) is 40.9 Å². The Kier molecular flexibility index (Phi) is 4.49. The van der Waals surface area contributed by atoms with Crippen molar-refractivity contribution >= 4 is 21.7 Å². The van der Waals surface area contributed by atoms with Crippen molar-refractivity contribution in [3.05, 3.63) is 63.6 Å². The minimum absolute atomic E-state index is 0.0967. The van der Waals surface area contributed by atoms with Crippen molar-refractivity contribution in [2.45, 2.75) is 13.5 Å². The maximum atomic E-state index is 13.5. The number of hydrogen-bond donors (Lipinski definition) is 0. The lowest BCUT2D eigenvalue weighted by Crippen LogP contribution is -2.04. The molecule has 20 heavy (non-hydrogen) atoms. The van der Waals surface area contributed by atoms with E-state index >= 15 is 0 Å². The first-order chi connectivity index (χ1) is 9.49. The summed E-state index contributed by atoms with van der Waals surface area (Å²) in [6, 6.07) is 8.83. The summed E-state index contributed by atoms with van der Waals surface area (Å²) in [5.74, 6) is -1.69. The largest absolute Gasteiger partial charge is 0.488 e. The Balaban J connectivity index is 2.24. The van der Waals surface area contributed by atoms with Crippen molar-refractivity contribution < 1.29 is 18.3 Å². The van der Waals surface area contributed by atoms with Gasteiger partial charge in [0, 0.05) is 10.0 Å². The first kappa shape index (κ1) is 14.7. The Morgan fingerprint density at radius 2 is 2.00 bits per heavy atom. The summed E-state index contributed by atoms with van der Waals surface area (Å²) in [4.78, 5) is 11.5. The van der Waals surface area contributed by atoms with E-state index in [4.69, 9.17) is 4.74 Å². The summed E-state index contributed by atoms with van der Waals surface area (Å²) < 4.78 is 32.8. The van der Waals surface area contributed by atoms with Gasteiger partial charge in [-0.3, -0.25) is 4.79 Å². The number of halogens is 3. The highest BCUT2D eigenvalue weighted by Gasteiger charge is 2.12. The van der Waals surface area contributed by atoms with E-state index in [1.807, 2.05) is 0 Å². The highest BCUT2D eigenvalue weighted by Crippen LogP contribution is 2.25. The van der Waals surface area contributed by atoms with Gasteiger partial charge in [-0.15, -0.1) is 0 Å². The molecule has 5 heteroatoms. The second-order valence-corrected chi connectivity index (χ2v) is 5.11. The van der Waals surface area contributed by atoms with Crippen molar-refractivity contribution in [2.75, 3.05) is 0 Å². The Labute approximate surface area is 123 Å². The minimum atomic E-state index is -0.938. The van der Waals surface area contributed by atoms with E-state index in [1.165, 1.54) is 19.1 Å². The second-order valence-electron chi connectivity index (χ2n) is 4.20. The summed E-state index contributed by atoms with van der Waals surface area (Å²) in [5.41, 5.74) is 0.490. The molecule has 0 aliphatic carbocycles. The first-order valence-corrected chi connectivity index (χ1v) is 6.64. The zero-order valence-corrected chi connectivity index (χ0v) is 12.2. The molecule has 2 aromatic carbocycles. The molecule has 0 heterocycles. The molecule has 0 aliphatic heterocycles. The van der Waals surface area contributed by atoms with Gasteiger partial charge >= 0.3 is 0 Å². The molecule has 0 radical (unpaired) electrons. The normalized spacial score (nSPS) is 10.4. The fraction of sp³-hybridized carbons (Fsp3) is 0.133. The van der Waals surface area contributed by atoms with E-state index in [0.717, 1.165) is 10.5 Å². The van der Waals surface area contributed by atoms with E-state index in [9.17, 15) is 13.6 Å². The Bertz CT molecular complexity index is 656. The SMILES string of the molecule is CC(=O)c1ccc(Br)cc1OCc1cccc(F)c1F. The van der Waals surface area contributed by atoms with Crippen molar-refractivity contribution in [1.82, 2.24) is 0 Å². The smallest absolute Gasteiger partial charge is 0.165 e. The van der Waals surface area contributed by atoms with Gasteiger partial charge in [-0.2, -0.15) is 0 Å². The molecule has 0 atom stereocenters. The first-order valence-electron chi connectivity index (χ1n) is 5.85. The van der Waals surface area contributed by atoms with Crippen LogP contribution in [-0.4, -0.2) is 5.78 Å². The van der Waals surface area contributed by atoms with Gasteiger partial charge in [0.2, 0.25) is 0 Å². The van der Waals surface area contributed by atoms with Crippen molar-refractivity contribution in [3.8, 4) is 5.75 Å². The molecule has 2 rings (SSSR count). The quantitative estimate of drug-likeness (QED) is 0.765. The van der Waals surface area contributed by atoms with Gasteiger partial charge in [-0.25, -0.2) is 8.78 Å². The number of rotatable bonds is 4. The van der Waals surface area contributed by atoms with Crippen LogP contribution in [0.25, 0.3) is 0 Å². The van der Waals surface area contributed by atoms with Crippen molar-refractivity contribution in [3.63, 3.8) is 0 Å². The van der Waals surface area contributed by atoms with Crippen LogP contribution in [0.1, 0.15) is 22.8 Å². The van der Waals surface area contributed by atoms with E-state index in [0.29, 0.717) is 11.3 Å². The summed E-state index contributed by atoms with van der Waals surface area (Å²) in [6.45, 7) is 1.26. The summed E-state index contributed by atoms with van der Waals surface area (Å²) >= 11 is 3.27. The molecule has 0 saturated heterocycles. The average Bonchev–Trinajstić information content (AvgIpc) is 2.40. The maximum absolute atomic E-state index is 13.5. The van der Waals surface area contributed by atoms with Gasteiger partial charge in [0.1, 0.15) is 12.4 Å². The summed E-state index contributed by atoms with van der Waals surface area (Å²) in [7, 11) is 0. The predicted molar refractivity (Wildman–Crippen MR) is 74.8 cm³/mol. The van der Waals surface area contributed by atoms with Crippen LogP contribution < -0.4 is 4.74 Å². The fourth-order valence-electron chi connectivity index (χ4n) is 1.72. The molecule has 0 spiro atoms. The average molecular weight is 341 g/mol. The zero-order valence-electron chi connectivity index (χ0n) is 10.6. The van der Waals surface area contributed by atoms with Crippen LogP contribution in [0.4, 0.5) is 8.78 Å². The summed E-state index contributed by atoms with van der Waals surface area (Å²) in [6.07, 6.45) is 0. The maximum Gasteiger partial charge on any atom is 0.165 e. The van der Waals surface area contributed by atoms with Crippen LogP contribution in [0.3, 0.4) is 0 Å². The lowest BCUT2D eigenvalue weighted by Gasteiger charge is -2.11. The molecule has 0 fully saturated rings. The monoisotopic (exact) mass is 340 g/mol. The zero-order chi connectivity index (χ0) is 14.7. The number of Topliss-reactive ketones (excluding diaryl/α,β-unsaturated/α-hetero) is 1. The molecule has 0 aromatic heterocycles. The molecule has 0 N–H and O–H groups in total. The standard InChI is InChI=1S/C15H11BrF2O2/c1-9(19)12-6-5-11(16)7-14(12)20-8-10-3-2-4-13(17)15(10)18/h2-7H,8H2,1H3. The molecular weight excluding hydrogens is 330 g/mol. The topological polar surface area (TPSA) is 26.3 Å².